The van der Waals surface area contributed by atoms with Gasteiger partial charge in [0, 0.05) is 32.7 Å². The molecule has 0 spiro atoms. The third-order valence-electron chi connectivity index (χ3n) is 6.08. The minimum absolute atomic E-state index is 0.136. The van der Waals surface area contributed by atoms with Crippen molar-refractivity contribution in [2.75, 3.05) is 26.2 Å². The van der Waals surface area contributed by atoms with Crippen LogP contribution in [0.2, 0.25) is 0 Å². The van der Waals surface area contributed by atoms with Crippen molar-refractivity contribution in [2.45, 2.75) is 25.5 Å². The molecule has 5 nitrogen and oxygen atoms in total. The Labute approximate surface area is 195 Å². The van der Waals surface area contributed by atoms with Crippen molar-refractivity contribution in [1.82, 2.24) is 9.80 Å². The maximum Gasteiger partial charge on any atom is 0.318 e. The Morgan fingerprint density at radius 1 is 0.758 bits per heavy atom. The Morgan fingerprint density at radius 3 is 1.76 bits per heavy atom. The quantitative estimate of drug-likeness (QED) is 0.517. The van der Waals surface area contributed by atoms with Gasteiger partial charge in [0.1, 0.15) is 5.92 Å². The van der Waals surface area contributed by atoms with Crippen molar-refractivity contribution in [3.63, 3.8) is 0 Å². The number of hydrogen-bond acceptors (Lipinski definition) is 4. The second-order valence-electron chi connectivity index (χ2n) is 8.42. The fraction of sp³-hybridized carbons (Fsp3) is 0.286. The van der Waals surface area contributed by atoms with Crippen LogP contribution in [0.5, 0.6) is 0 Å². The molecular formula is C28H30N2O3. The highest BCUT2D eigenvalue weighted by Gasteiger charge is 2.31. The number of amides is 1. The van der Waals surface area contributed by atoms with Crippen molar-refractivity contribution >= 4 is 11.9 Å². The summed E-state index contributed by atoms with van der Waals surface area (Å²) in [7, 11) is 0. The van der Waals surface area contributed by atoms with Gasteiger partial charge in [-0.25, -0.2) is 0 Å². The van der Waals surface area contributed by atoms with E-state index >= 15 is 0 Å². The lowest BCUT2D eigenvalue weighted by molar-refractivity contribution is -0.160. The number of carbonyl (C=O) groups is 2. The summed E-state index contributed by atoms with van der Waals surface area (Å²) in [6.45, 7) is 5.42. The lowest BCUT2D eigenvalue weighted by Crippen LogP contribution is -2.51. The Hall–Kier alpha value is -3.44. The van der Waals surface area contributed by atoms with E-state index in [0.717, 1.165) is 30.8 Å². The van der Waals surface area contributed by atoms with Crippen LogP contribution < -0.4 is 0 Å². The van der Waals surface area contributed by atoms with E-state index in [2.05, 4.69) is 17.0 Å². The average Bonchev–Trinajstić information content (AvgIpc) is 2.86. The highest BCUT2D eigenvalue weighted by molar-refractivity contribution is 5.87. The Balaban J connectivity index is 1.36. The van der Waals surface area contributed by atoms with Gasteiger partial charge in [0.05, 0.1) is 0 Å². The van der Waals surface area contributed by atoms with Gasteiger partial charge in [0.15, 0.2) is 6.10 Å². The van der Waals surface area contributed by atoms with Crippen LogP contribution >= 0.6 is 0 Å². The van der Waals surface area contributed by atoms with Crippen molar-refractivity contribution in [2.24, 2.45) is 0 Å². The summed E-state index contributed by atoms with van der Waals surface area (Å²) in [5.74, 6) is -1.11. The first kappa shape index (κ1) is 22.7. The molecule has 4 rings (SSSR count). The zero-order valence-electron chi connectivity index (χ0n) is 19.0. The molecule has 0 radical (unpaired) electrons. The van der Waals surface area contributed by atoms with Crippen LogP contribution in [0.15, 0.2) is 91.0 Å². The Morgan fingerprint density at radius 2 is 1.24 bits per heavy atom. The number of piperazine rings is 1. The second kappa shape index (κ2) is 10.9. The van der Waals surface area contributed by atoms with Gasteiger partial charge in [-0.2, -0.15) is 0 Å². The summed E-state index contributed by atoms with van der Waals surface area (Å²) in [4.78, 5) is 30.4. The molecule has 170 valence electrons. The first-order valence-electron chi connectivity index (χ1n) is 11.5. The third kappa shape index (κ3) is 5.88. The molecule has 5 heteroatoms. The normalized spacial score (nSPS) is 15.3. The van der Waals surface area contributed by atoms with E-state index in [-0.39, 0.29) is 5.91 Å². The Kier molecular flexibility index (Phi) is 7.53. The van der Waals surface area contributed by atoms with E-state index in [1.165, 1.54) is 5.56 Å². The minimum atomic E-state index is -0.826. The molecule has 1 fully saturated rings. The van der Waals surface area contributed by atoms with E-state index in [0.29, 0.717) is 13.1 Å². The van der Waals surface area contributed by atoms with Crippen molar-refractivity contribution < 1.29 is 14.3 Å². The van der Waals surface area contributed by atoms with E-state index in [4.69, 9.17) is 4.74 Å². The Bertz CT molecular complexity index is 993. The van der Waals surface area contributed by atoms with E-state index in [1.54, 1.807) is 11.8 Å². The highest BCUT2D eigenvalue weighted by atomic mass is 16.5. The zero-order chi connectivity index (χ0) is 23.0. The van der Waals surface area contributed by atoms with E-state index in [1.807, 2.05) is 78.9 Å². The van der Waals surface area contributed by atoms with E-state index in [9.17, 15) is 9.59 Å². The summed E-state index contributed by atoms with van der Waals surface area (Å²) in [6, 6.07) is 29.5. The van der Waals surface area contributed by atoms with Crippen molar-refractivity contribution in [3.05, 3.63) is 108 Å². The fourth-order valence-electron chi connectivity index (χ4n) is 4.27. The number of hydrogen-bond donors (Lipinski definition) is 0. The number of ether oxygens (including phenoxy) is 1. The van der Waals surface area contributed by atoms with Crippen LogP contribution in [0.4, 0.5) is 0 Å². The van der Waals surface area contributed by atoms with Crippen LogP contribution in [-0.2, 0) is 20.9 Å². The molecule has 0 bridgehead atoms. The van der Waals surface area contributed by atoms with Crippen molar-refractivity contribution in [3.8, 4) is 0 Å². The van der Waals surface area contributed by atoms with Crippen molar-refractivity contribution in [1.29, 1.82) is 0 Å². The summed E-state index contributed by atoms with van der Waals surface area (Å²) in [5, 5.41) is 0. The van der Waals surface area contributed by atoms with Gasteiger partial charge in [-0.05, 0) is 23.6 Å². The number of nitrogens with zero attached hydrogens (tertiary/aromatic N) is 2. The summed E-state index contributed by atoms with van der Waals surface area (Å²) in [5.41, 5.74) is 2.97. The lowest BCUT2D eigenvalue weighted by Gasteiger charge is -2.36. The molecule has 1 heterocycles. The first-order valence-corrected chi connectivity index (χ1v) is 11.5. The molecule has 3 aromatic carbocycles. The van der Waals surface area contributed by atoms with Crippen LogP contribution in [-0.4, -0.2) is 54.0 Å². The lowest BCUT2D eigenvalue weighted by atomic mass is 9.91. The number of rotatable bonds is 7. The third-order valence-corrected chi connectivity index (χ3v) is 6.08. The average molecular weight is 443 g/mol. The van der Waals surface area contributed by atoms with Gasteiger partial charge < -0.3 is 9.64 Å². The van der Waals surface area contributed by atoms with Crippen LogP contribution in [0.25, 0.3) is 0 Å². The molecule has 0 aromatic heterocycles. The molecule has 0 aliphatic carbocycles. The first-order chi connectivity index (χ1) is 16.1. The van der Waals surface area contributed by atoms with Gasteiger partial charge in [-0.15, -0.1) is 0 Å². The van der Waals surface area contributed by atoms with Gasteiger partial charge in [0.2, 0.25) is 0 Å². The number of carbonyl (C=O) groups excluding carboxylic acids is 2. The molecule has 1 aliphatic heterocycles. The molecule has 3 aromatic rings. The van der Waals surface area contributed by atoms with Crippen LogP contribution in [0.1, 0.15) is 29.5 Å². The predicted octanol–water partition coefficient (Wildman–Crippen LogP) is 4.09. The minimum Gasteiger partial charge on any atom is -0.452 e. The van der Waals surface area contributed by atoms with Gasteiger partial charge in [-0.1, -0.05) is 91.0 Å². The molecular weight excluding hydrogens is 412 g/mol. The smallest absolute Gasteiger partial charge is 0.318 e. The summed E-state index contributed by atoms with van der Waals surface area (Å²) < 4.78 is 5.72. The number of benzene rings is 3. The molecule has 0 N–H and O–H groups in total. The maximum absolute atomic E-state index is 13.2. The van der Waals surface area contributed by atoms with E-state index < -0.39 is 18.0 Å². The van der Waals surface area contributed by atoms with Gasteiger partial charge in [-0.3, -0.25) is 14.5 Å². The highest BCUT2D eigenvalue weighted by Crippen LogP contribution is 2.26. The fourth-order valence-corrected chi connectivity index (χ4v) is 4.27. The molecule has 1 aliphatic rings. The largest absolute Gasteiger partial charge is 0.452 e. The topological polar surface area (TPSA) is 49.9 Å². The number of esters is 1. The molecule has 1 saturated heterocycles. The molecule has 1 atom stereocenters. The standard InChI is InChI=1S/C28H30N2O3/c1-22(27(31)30-19-17-29(18-20-30)21-23-11-5-2-6-12-23)33-28(32)26(24-13-7-3-8-14-24)25-15-9-4-10-16-25/h2-16,22,26H,17-21H2,1H3/t22-/m1/s1. The van der Waals surface area contributed by atoms with Gasteiger partial charge >= 0.3 is 5.97 Å². The zero-order valence-corrected chi connectivity index (χ0v) is 19.0. The SMILES string of the molecule is C[C@@H](OC(=O)C(c1ccccc1)c1ccccc1)C(=O)N1CCN(Cc2ccccc2)CC1. The monoisotopic (exact) mass is 442 g/mol. The predicted molar refractivity (Wildman–Crippen MR) is 129 cm³/mol. The maximum atomic E-state index is 13.2. The molecule has 0 unspecified atom stereocenters. The second-order valence-corrected chi connectivity index (χ2v) is 8.42. The van der Waals surface area contributed by atoms with Gasteiger partial charge in [0.25, 0.3) is 5.91 Å². The van der Waals surface area contributed by atoms with Crippen LogP contribution in [0, 0.1) is 0 Å². The molecule has 1 amide bonds. The molecule has 0 saturated carbocycles. The van der Waals surface area contributed by atoms with Crippen LogP contribution in [0.3, 0.4) is 0 Å². The molecule has 33 heavy (non-hydrogen) atoms. The summed E-state index contributed by atoms with van der Waals surface area (Å²) >= 11 is 0. The summed E-state index contributed by atoms with van der Waals surface area (Å²) in [6.07, 6.45) is -0.826.